The van der Waals surface area contributed by atoms with Crippen molar-refractivity contribution in [2.45, 2.75) is 57.4 Å². The summed E-state index contributed by atoms with van der Waals surface area (Å²) in [5.41, 5.74) is 0. The van der Waals surface area contributed by atoms with Crippen LogP contribution >= 0.6 is 0 Å². The van der Waals surface area contributed by atoms with Crippen LogP contribution in [0.4, 0.5) is 0 Å². The van der Waals surface area contributed by atoms with Crippen LogP contribution in [0.1, 0.15) is 51.4 Å². The highest BCUT2D eigenvalue weighted by Crippen LogP contribution is 2.21. The number of nitrogens with one attached hydrogen (secondary N) is 2. The molecule has 2 N–H and O–H groups in total. The second-order valence-corrected chi connectivity index (χ2v) is 6.46. The molecule has 2 aliphatic rings. The second-order valence-electron chi connectivity index (χ2n) is 6.46. The molecule has 1 aliphatic carbocycles. The number of carbonyl (C=O) groups excluding carboxylic acids is 1. The van der Waals surface area contributed by atoms with E-state index in [4.69, 9.17) is 0 Å². The molecule has 0 bridgehead atoms. The van der Waals surface area contributed by atoms with Crippen LogP contribution in [-0.2, 0) is 4.79 Å². The molecule has 0 aromatic heterocycles. The van der Waals surface area contributed by atoms with Gasteiger partial charge in [0, 0.05) is 19.1 Å². The molecule has 0 spiro atoms. The van der Waals surface area contributed by atoms with Crippen molar-refractivity contribution in [2.75, 3.05) is 33.2 Å². The Morgan fingerprint density at radius 1 is 1.20 bits per heavy atom. The van der Waals surface area contributed by atoms with Crippen LogP contribution in [0.2, 0.25) is 0 Å². The smallest absolute Gasteiger partial charge is 0.224 e. The van der Waals surface area contributed by atoms with Crippen LogP contribution in [-0.4, -0.2) is 50.1 Å². The Kier molecular flexibility index (Phi) is 6.80. The van der Waals surface area contributed by atoms with E-state index in [2.05, 4.69) is 22.6 Å². The van der Waals surface area contributed by atoms with E-state index in [1.54, 1.807) is 0 Å². The molecule has 2 rings (SSSR count). The Morgan fingerprint density at radius 2 is 2.00 bits per heavy atom. The van der Waals surface area contributed by atoms with Gasteiger partial charge in [-0.25, -0.2) is 0 Å². The topological polar surface area (TPSA) is 44.4 Å². The first kappa shape index (κ1) is 15.8. The maximum absolute atomic E-state index is 12.0. The number of rotatable bonds is 6. The van der Waals surface area contributed by atoms with Gasteiger partial charge in [-0.2, -0.15) is 0 Å². The van der Waals surface area contributed by atoms with Crippen LogP contribution in [0.5, 0.6) is 0 Å². The number of piperidine rings is 1. The monoisotopic (exact) mass is 281 g/mol. The van der Waals surface area contributed by atoms with Crippen LogP contribution in [0, 0.1) is 5.92 Å². The highest BCUT2D eigenvalue weighted by Gasteiger charge is 2.20. The lowest BCUT2D eigenvalue weighted by Gasteiger charge is -2.31. The summed E-state index contributed by atoms with van der Waals surface area (Å²) < 4.78 is 0. The summed E-state index contributed by atoms with van der Waals surface area (Å²) >= 11 is 0. The predicted octanol–water partition coefficient (Wildman–Crippen LogP) is 1.76. The molecule has 4 nitrogen and oxygen atoms in total. The largest absolute Gasteiger partial charge is 0.356 e. The standard InChI is InChI=1S/C16H31N3O/c1-19(15-8-3-2-4-9-15)12-6-11-18-16(20)14-7-5-10-17-13-14/h14-15,17H,2-13H2,1H3,(H,18,20)/t14-/m1/s1. The zero-order chi connectivity index (χ0) is 14.2. The SMILES string of the molecule is CN(CCCNC(=O)[C@@H]1CCCNC1)C1CCCCC1. The number of amides is 1. The van der Waals surface area contributed by atoms with Crippen molar-refractivity contribution in [3.8, 4) is 0 Å². The Labute approximate surface area is 123 Å². The minimum atomic E-state index is 0.194. The minimum Gasteiger partial charge on any atom is -0.356 e. The van der Waals surface area contributed by atoms with Gasteiger partial charge in [0.15, 0.2) is 0 Å². The van der Waals surface area contributed by atoms with Gasteiger partial charge in [-0.05, 0) is 52.2 Å². The zero-order valence-electron chi connectivity index (χ0n) is 13.0. The highest BCUT2D eigenvalue weighted by molar-refractivity contribution is 5.78. The molecule has 1 saturated heterocycles. The fourth-order valence-corrected chi connectivity index (χ4v) is 3.46. The van der Waals surface area contributed by atoms with E-state index in [0.29, 0.717) is 0 Å². The third kappa shape index (κ3) is 5.06. The van der Waals surface area contributed by atoms with Gasteiger partial charge in [0.1, 0.15) is 0 Å². The van der Waals surface area contributed by atoms with Gasteiger partial charge in [0.2, 0.25) is 5.91 Å². The van der Waals surface area contributed by atoms with Gasteiger partial charge in [-0.15, -0.1) is 0 Å². The first-order valence-corrected chi connectivity index (χ1v) is 8.46. The van der Waals surface area contributed by atoms with Gasteiger partial charge < -0.3 is 15.5 Å². The first-order chi connectivity index (χ1) is 9.77. The third-order valence-corrected chi connectivity index (χ3v) is 4.85. The first-order valence-electron chi connectivity index (χ1n) is 8.46. The molecule has 116 valence electrons. The van der Waals surface area contributed by atoms with E-state index >= 15 is 0 Å². The van der Waals surface area contributed by atoms with E-state index in [-0.39, 0.29) is 11.8 Å². The Balaban J connectivity index is 1.55. The molecule has 1 atom stereocenters. The van der Waals surface area contributed by atoms with Crippen molar-refractivity contribution in [3.63, 3.8) is 0 Å². The summed E-state index contributed by atoms with van der Waals surface area (Å²) in [4.78, 5) is 14.5. The molecule has 1 saturated carbocycles. The van der Waals surface area contributed by atoms with Crippen molar-refractivity contribution >= 4 is 5.91 Å². The Morgan fingerprint density at radius 3 is 2.70 bits per heavy atom. The molecule has 1 aliphatic heterocycles. The summed E-state index contributed by atoms with van der Waals surface area (Å²) in [6.07, 6.45) is 10.1. The molecule has 1 heterocycles. The molecule has 20 heavy (non-hydrogen) atoms. The van der Waals surface area contributed by atoms with Crippen molar-refractivity contribution in [2.24, 2.45) is 5.92 Å². The molecular formula is C16H31N3O. The fourth-order valence-electron chi connectivity index (χ4n) is 3.46. The molecular weight excluding hydrogens is 250 g/mol. The molecule has 0 unspecified atom stereocenters. The lowest BCUT2D eigenvalue weighted by atomic mass is 9.94. The van der Waals surface area contributed by atoms with Crippen LogP contribution in [0.15, 0.2) is 0 Å². The highest BCUT2D eigenvalue weighted by atomic mass is 16.1. The quantitative estimate of drug-likeness (QED) is 0.729. The zero-order valence-corrected chi connectivity index (χ0v) is 13.0. The van der Waals surface area contributed by atoms with Gasteiger partial charge in [0.05, 0.1) is 5.92 Å². The summed E-state index contributed by atoms with van der Waals surface area (Å²) in [5.74, 6) is 0.442. The molecule has 1 amide bonds. The van der Waals surface area contributed by atoms with E-state index in [9.17, 15) is 4.79 Å². The van der Waals surface area contributed by atoms with Gasteiger partial charge >= 0.3 is 0 Å². The Bertz CT molecular complexity index is 283. The van der Waals surface area contributed by atoms with Crippen molar-refractivity contribution in [1.29, 1.82) is 0 Å². The molecule has 4 heteroatoms. The average molecular weight is 281 g/mol. The van der Waals surface area contributed by atoms with E-state index in [0.717, 1.165) is 51.5 Å². The molecule has 2 fully saturated rings. The van der Waals surface area contributed by atoms with Crippen LogP contribution in [0.25, 0.3) is 0 Å². The van der Waals surface area contributed by atoms with E-state index in [1.165, 1.54) is 32.1 Å². The van der Waals surface area contributed by atoms with Gasteiger partial charge in [-0.1, -0.05) is 19.3 Å². The van der Waals surface area contributed by atoms with Gasteiger partial charge in [0.25, 0.3) is 0 Å². The number of hydrogen-bond donors (Lipinski definition) is 2. The normalized spacial score (nSPS) is 24.8. The summed E-state index contributed by atoms with van der Waals surface area (Å²) in [7, 11) is 2.24. The van der Waals surface area contributed by atoms with Crippen LogP contribution < -0.4 is 10.6 Å². The lowest BCUT2D eigenvalue weighted by molar-refractivity contribution is -0.125. The second kappa shape index (κ2) is 8.63. The van der Waals surface area contributed by atoms with Gasteiger partial charge in [-0.3, -0.25) is 4.79 Å². The average Bonchev–Trinajstić information content (AvgIpc) is 2.53. The van der Waals surface area contributed by atoms with E-state index < -0.39 is 0 Å². The molecule has 0 aromatic rings. The number of hydrogen-bond acceptors (Lipinski definition) is 3. The number of carbonyl (C=O) groups is 1. The number of nitrogens with zero attached hydrogens (tertiary/aromatic N) is 1. The lowest BCUT2D eigenvalue weighted by Crippen LogP contribution is -2.41. The van der Waals surface area contributed by atoms with E-state index in [1.807, 2.05) is 0 Å². The summed E-state index contributed by atoms with van der Waals surface area (Å²) in [6.45, 7) is 3.85. The molecule has 0 radical (unpaired) electrons. The van der Waals surface area contributed by atoms with Crippen LogP contribution in [0.3, 0.4) is 0 Å². The third-order valence-electron chi connectivity index (χ3n) is 4.85. The summed E-state index contributed by atoms with van der Waals surface area (Å²) in [5, 5.41) is 6.40. The van der Waals surface area contributed by atoms with Crippen molar-refractivity contribution in [1.82, 2.24) is 15.5 Å². The van der Waals surface area contributed by atoms with Crippen molar-refractivity contribution in [3.05, 3.63) is 0 Å². The predicted molar refractivity (Wildman–Crippen MR) is 82.7 cm³/mol. The Hall–Kier alpha value is -0.610. The maximum atomic E-state index is 12.0. The maximum Gasteiger partial charge on any atom is 0.224 e. The molecule has 0 aromatic carbocycles. The fraction of sp³-hybridized carbons (Fsp3) is 0.938. The minimum absolute atomic E-state index is 0.194. The van der Waals surface area contributed by atoms with Crippen molar-refractivity contribution < 1.29 is 4.79 Å². The summed E-state index contributed by atoms with van der Waals surface area (Å²) in [6, 6.07) is 0.780.